The van der Waals surface area contributed by atoms with E-state index in [-0.39, 0.29) is 6.10 Å². The summed E-state index contributed by atoms with van der Waals surface area (Å²) < 4.78 is 1.98. The van der Waals surface area contributed by atoms with E-state index in [4.69, 9.17) is 0 Å². The molecule has 1 saturated carbocycles. The van der Waals surface area contributed by atoms with Crippen LogP contribution in [0.1, 0.15) is 58.8 Å². The van der Waals surface area contributed by atoms with Gasteiger partial charge in [-0.05, 0) is 50.9 Å². The average molecular weight is 265 g/mol. The Bertz CT molecular complexity index is 400. The van der Waals surface area contributed by atoms with Gasteiger partial charge in [-0.1, -0.05) is 13.8 Å². The van der Waals surface area contributed by atoms with E-state index in [2.05, 4.69) is 37.8 Å². The molecule has 0 radical (unpaired) electrons. The lowest BCUT2D eigenvalue weighted by Gasteiger charge is -2.35. The van der Waals surface area contributed by atoms with Gasteiger partial charge in [0.1, 0.15) is 12.2 Å². The quantitative estimate of drug-likeness (QED) is 0.910. The van der Waals surface area contributed by atoms with Crippen LogP contribution in [0.4, 0.5) is 0 Å². The van der Waals surface area contributed by atoms with Crippen LogP contribution in [0.2, 0.25) is 0 Å². The summed E-state index contributed by atoms with van der Waals surface area (Å²) in [5.74, 6) is 2.80. The van der Waals surface area contributed by atoms with E-state index < -0.39 is 0 Å². The minimum absolute atomic E-state index is 0.174. The van der Waals surface area contributed by atoms with Crippen LogP contribution in [0.15, 0.2) is 6.33 Å². The van der Waals surface area contributed by atoms with Gasteiger partial charge < -0.3 is 5.11 Å². The summed E-state index contributed by atoms with van der Waals surface area (Å²) in [7, 11) is 0. The van der Waals surface area contributed by atoms with Crippen molar-refractivity contribution in [2.75, 3.05) is 0 Å². The Hall–Kier alpha value is -0.900. The molecule has 0 aliphatic heterocycles. The first kappa shape index (κ1) is 14.5. The van der Waals surface area contributed by atoms with Crippen LogP contribution in [0.3, 0.4) is 0 Å². The van der Waals surface area contributed by atoms with Gasteiger partial charge in [-0.25, -0.2) is 9.67 Å². The molecule has 0 saturated heterocycles. The van der Waals surface area contributed by atoms with Crippen LogP contribution < -0.4 is 0 Å². The highest BCUT2D eigenvalue weighted by Crippen LogP contribution is 2.35. The van der Waals surface area contributed by atoms with Crippen LogP contribution >= 0.6 is 0 Å². The van der Waals surface area contributed by atoms with Gasteiger partial charge in [0.05, 0.1) is 6.10 Å². The Morgan fingerprint density at radius 2 is 2.05 bits per heavy atom. The lowest BCUT2D eigenvalue weighted by atomic mass is 9.73. The van der Waals surface area contributed by atoms with Crippen molar-refractivity contribution in [3.05, 3.63) is 12.2 Å². The number of hydrogen-bond donors (Lipinski definition) is 1. The molecule has 0 aromatic carbocycles. The number of hydrogen-bond acceptors (Lipinski definition) is 3. The summed E-state index contributed by atoms with van der Waals surface area (Å²) in [6.45, 7) is 8.81. The number of nitrogens with zero attached hydrogens (tertiary/aromatic N) is 3. The van der Waals surface area contributed by atoms with E-state index >= 15 is 0 Å². The molecule has 1 aliphatic carbocycles. The van der Waals surface area contributed by atoms with Gasteiger partial charge >= 0.3 is 0 Å². The molecule has 19 heavy (non-hydrogen) atoms. The minimum atomic E-state index is -0.174. The zero-order valence-electron chi connectivity index (χ0n) is 12.6. The molecule has 1 fully saturated rings. The van der Waals surface area contributed by atoms with Crippen LogP contribution in [-0.2, 0) is 6.42 Å². The van der Waals surface area contributed by atoms with Crippen molar-refractivity contribution in [3.63, 3.8) is 0 Å². The Labute approximate surface area is 116 Å². The first-order chi connectivity index (χ1) is 8.99. The second-order valence-electron chi connectivity index (χ2n) is 6.56. The molecule has 2 rings (SSSR count). The Kier molecular flexibility index (Phi) is 4.61. The first-order valence-electron chi connectivity index (χ1n) is 7.55. The number of aromatic nitrogens is 3. The lowest BCUT2D eigenvalue weighted by Crippen LogP contribution is -2.33. The van der Waals surface area contributed by atoms with Gasteiger partial charge in [0.15, 0.2) is 0 Å². The first-order valence-corrected chi connectivity index (χ1v) is 7.55. The topological polar surface area (TPSA) is 50.9 Å². The second-order valence-corrected chi connectivity index (χ2v) is 6.56. The lowest BCUT2D eigenvalue weighted by molar-refractivity contribution is 0.0363. The van der Waals surface area contributed by atoms with Crippen molar-refractivity contribution in [2.24, 2.45) is 17.8 Å². The molecule has 0 amide bonds. The standard InChI is InChI=1S/C15H27N3O/c1-10(2)12-5-6-14(19)13(7-12)8-15-16-9-17-18(15)11(3)4/h9-14,19H,5-8H2,1-4H3. The molecule has 1 aliphatic rings. The van der Waals surface area contributed by atoms with Crippen molar-refractivity contribution in [2.45, 2.75) is 65.5 Å². The maximum Gasteiger partial charge on any atom is 0.138 e. The Morgan fingerprint density at radius 3 is 2.68 bits per heavy atom. The molecular formula is C15H27N3O. The summed E-state index contributed by atoms with van der Waals surface area (Å²) in [5, 5.41) is 14.5. The van der Waals surface area contributed by atoms with Gasteiger partial charge in [-0.15, -0.1) is 0 Å². The fourth-order valence-electron chi connectivity index (χ4n) is 3.20. The fraction of sp³-hybridized carbons (Fsp3) is 0.867. The fourth-order valence-corrected chi connectivity index (χ4v) is 3.20. The third-order valence-electron chi connectivity index (χ3n) is 4.51. The average Bonchev–Trinajstić information content (AvgIpc) is 2.80. The maximum atomic E-state index is 10.2. The van der Waals surface area contributed by atoms with Crippen LogP contribution in [-0.4, -0.2) is 26.0 Å². The highest BCUT2D eigenvalue weighted by Gasteiger charge is 2.31. The smallest absolute Gasteiger partial charge is 0.138 e. The van der Waals surface area contributed by atoms with E-state index in [9.17, 15) is 5.11 Å². The van der Waals surface area contributed by atoms with Crippen molar-refractivity contribution < 1.29 is 5.11 Å². The predicted octanol–water partition coefficient (Wildman–Crippen LogP) is 2.83. The van der Waals surface area contributed by atoms with E-state index in [1.54, 1.807) is 6.33 Å². The molecule has 1 aromatic rings. The summed E-state index contributed by atoms with van der Waals surface area (Å²) in [5.41, 5.74) is 0. The maximum absolute atomic E-state index is 10.2. The normalized spacial score (nSPS) is 28.3. The minimum Gasteiger partial charge on any atom is -0.393 e. The zero-order valence-corrected chi connectivity index (χ0v) is 12.6. The Balaban J connectivity index is 2.06. The van der Waals surface area contributed by atoms with Gasteiger partial charge in [-0.2, -0.15) is 5.10 Å². The van der Waals surface area contributed by atoms with E-state index in [1.807, 2.05) is 4.68 Å². The van der Waals surface area contributed by atoms with Crippen LogP contribution in [0.5, 0.6) is 0 Å². The summed E-state index contributed by atoms with van der Waals surface area (Å²) >= 11 is 0. The molecule has 0 spiro atoms. The molecule has 1 N–H and O–H groups in total. The molecule has 0 bridgehead atoms. The third kappa shape index (κ3) is 3.35. The van der Waals surface area contributed by atoms with Crippen LogP contribution in [0.25, 0.3) is 0 Å². The predicted molar refractivity (Wildman–Crippen MR) is 75.8 cm³/mol. The number of rotatable bonds is 4. The summed E-state index contributed by atoms with van der Waals surface area (Å²) in [6, 6.07) is 0.333. The third-order valence-corrected chi connectivity index (χ3v) is 4.51. The van der Waals surface area contributed by atoms with E-state index in [0.29, 0.717) is 17.9 Å². The van der Waals surface area contributed by atoms with Crippen molar-refractivity contribution in [1.29, 1.82) is 0 Å². The molecule has 108 valence electrons. The largest absolute Gasteiger partial charge is 0.393 e. The zero-order chi connectivity index (χ0) is 14.0. The molecule has 1 heterocycles. The van der Waals surface area contributed by atoms with Gasteiger partial charge in [0.2, 0.25) is 0 Å². The summed E-state index contributed by atoms with van der Waals surface area (Å²) in [4.78, 5) is 4.38. The van der Waals surface area contributed by atoms with Gasteiger partial charge in [0, 0.05) is 12.5 Å². The molecule has 4 heteroatoms. The van der Waals surface area contributed by atoms with E-state index in [1.165, 1.54) is 0 Å². The van der Waals surface area contributed by atoms with Crippen molar-refractivity contribution in [1.82, 2.24) is 14.8 Å². The monoisotopic (exact) mass is 265 g/mol. The highest BCUT2D eigenvalue weighted by atomic mass is 16.3. The molecule has 3 unspecified atom stereocenters. The molecule has 3 atom stereocenters. The van der Waals surface area contributed by atoms with Crippen molar-refractivity contribution in [3.8, 4) is 0 Å². The van der Waals surface area contributed by atoms with Crippen molar-refractivity contribution >= 4 is 0 Å². The Morgan fingerprint density at radius 1 is 1.32 bits per heavy atom. The van der Waals surface area contributed by atoms with Gasteiger partial charge in [-0.3, -0.25) is 0 Å². The van der Waals surface area contributed by atoms with Crippen LogP contribution in [0, 0.1) is 17.8 Å². The second kappa shape index (κ2) is 6.04. The number of aliphatic hydroxyl groups excluding tert-OH is 1. The number of aliphatic hydroxyl groups is 1. The molecule has 4 nitrogen and oxygen atoms in total. The summed E-state index contributed by atoms with van der Waals surface area (Å²) in [6.07, 6.45) is 5.51. The molecular weight excluding hydrogens is 238 g/mol. The molecule has 1 aromatic heterocycles. The highest BCUT2D eigenvalue weighted by molar-refractivity contribution is 4.93. The SMILES string of the molecule is CC(C)C1CCC(O)C(Cc2ncnn2C(C)C)C1. The van der Waals surface area contributed by atoms with Gasteiger partial charge in [0.25, 0.3) is 0 Å². The van der Waals surface area contributed by atoms with E-state index in [0.717, 1.165) is 37.4 Å².